The van der Waals surface area contributed by atoms with Crippen LogP contribution in [0.25, 0.3) is 75.1 Å². The average molecular weight is 988 g/mol. The molecule has 0 heterocycles. The molecule has 0 bridgehead atoms. The van der Waals surface area contributed by atoms with Crippen molar-refractivity contribution in [2.45, 2.75) is 135 Å². The van der Waals surface area contributed by atoms with Crippen LogP contribution in [0.2, 0.25) is 0 Å². The number of carbonyl (C=O) groups is 3. The maximum Gasteiger partial charge on any atom is 0.306 e. The van der Waals surface area contributed by atoms with Crippen molar-refractivity contribution in [1.82, 2.24) is 0 Å². The van der Waals surface area contributed by atoms with Crippen molar-refractivity contribution in [3.63, 3.8) is 0 Å². The second kappa shape index (κ2) is 19.4. The molecule has 0 saturated heterocycles. The maximum absolute atomic E-state index is 14.4. The zero-order chi connectivity index (χ0) is 50.9. The fourth-order valence-corrected chi connectivity index (χ4v) is 16.4. The molecule has 8 aromatic carbocycles. The molecule has 11 atom stereocenters. The third kappa shape index (κ3) is 8.38. The first-order chi connectivity index (χ1) is 35.9. The Labute approximate surface area is 434 Å². The van der Waals surface area contributed by atoms with Crippen LogP contribution >= 0.6 is 0 Å². The molecule has 0 amide bonds. The highest BCUT2D eigenvalue weighted by Crippen LogP contribution is 2.69. The molecule has 4 saturated carbocycles. The molecule has 0 unspecified atom stereocenters. The first-order valence-corrected chi connectivity index (χ1v) is 27.8. The minimum absolute atomic E-state index is 0.0882. The summed E-state index contributed by atoms with van der Waals surface area (Å²) in [5.74, 6) is 0.434. The number of hydrogen-bond acceptors (Lipinski definition) is 7. The van der Waals surface area contributed by atoms with Gasteiger partial charge in [0.25, 0.3) is 0 Å². The summed E-state index contributed by atoms with van der Waals surface area (Å²) in [6.45, 7) is 7.05. The van der Waals surface area contributed by atoms with Gasteiger partial charge >= 0.3 is 17.9 Å². The second-order valence-electron chi connectivity index (χ2n) is 23.7. The number of fused-ring (bicyclic) bond motifs is 5. The lowest BCUT2D eigenvalue weighted by Crippen LogP contribution is -2.63. The van der Waals surface area contributed by atoms with Crippen LogP contribution in [-0.4, -0.2) is 43.3 Å². The van der Waals surface area contributed by atoms with Crippen molar-refractivity contribution in [2.75, 3.05) is 7.11 Å². The third-order valence-electron chi connectivity index (χ3n) is 20.0. The minimum atomic E-state index is -0.394. The van der Waals surface area contributed by atoms with Crippen LogP contribution in [0.5, 0.6) is 0 Å². The molecular formula is C65H69N3O6. The Balaban J connectivity index is 0.793. The highest BCUT2D eigenvalue weighted by atomic mass is 16.6. The van der Waals surface area contributed by atoms with Crippen molar-refractivity contribution in [3.05, 3.63) is 131 Å². The van der Waals surface area contributed by atoms with Crippen LogP contribution in [0.1, 0.15) is 115 Å². The average Bonchev–Trinajstić information content (AvgIpc) is 3.78. The topological polar surface area (TPSA) is 128 Å². The lowest BCUT2D eigenvalue weighted by molar-refractivity contribution is -0.221. The van der Waals surface area contributed by atoms with E-state index in [0.29, 0.717) is 44.9 Å². The first kappa shape index (κ1) is 48.5. The number of ether oxygens (including phenoxy) is 3. The van der Waals surface area contributed by atoms with E-state index < -0.39 is 5.41 Å². The minimum Gasteiger partial charge on any atom is -0.469 e. The highest BCUT2D eigenvalue weighted by molar-refractivity contribution is 6.24. The quantitative estimate of drug-likeness (QED) is 0.0251. The number of esters is 3. The van der Waals surface area contributed by atoms with E-state index in [0.717, 1.165) is 51.4 Å². The summed E-state index contributed by atoms with van der Waals surface area (Å²) in [4.78, 5) is 44.6. The van der Waals surface area contributed by atoms with Gasteiger partial charge in [-0.15, -0.1) is 0 Å². The summed E-state index contributed by atoms with van der Waals surface area (Å²) < 4.78 is 18.9. The Morgan fingerprint density at radius 3 is 1.68 bits per heavy atom. The Bertz CT molecular complexity index is 3360. The first-order valence-electron chi connectivity index (χ1n) is 27.8. The lowest BCUT2D eigenvalue weighted by Gasteiger charge is -2.64. The standard InChI is InChI=1S/C65H69N3O6/c1-38(17-28-56(69)72-4)51-26-27-52-63-53(37-55(65(51,52)3)74-58(71)16-6-10-40-33-47-24-20-43-13-8-14-44-21-25-48(34-40)62(47)60(43)44)64(2)30-29-50(67-68-66)35-49(64)36-54(63)73-57(70)15-5-9-39-31-45-22-18-41-11-7-12-42-19-23-46(32-39)61(45)59(41)42/h7-8,11-14,18-25,31-34,38,49-55,63H,5-6,9-10,15-17,26-30,35-37H2,1-4H3/t38-,49+,50-,51-,52+,53+,54-,55+,63+,64+,65-/m1/s1. The Morgan fingerprint density at radius 1 is 0.635 bits per heavy atom. The zero-order valence-electron chi connectivity index (χ0n) is 43.5. The van der Waals surface area contributed by atoms with Crippen LogP contribution in [0, 0.1) is 46.3 Å². The molecule has 9 nitrogen and oxygen atoms in total. The van der Waals surface area contributed by atoms with Gasteiger partial charge in [-0.25, -0.2) is 0 Å². The van der Waals surface area contributed by atoms with E-state index in [1.807, 2.05) is 0 Å². The fourth-order valence-electron chi connectivity index (χ4n) is 16.4. The molecule has 4 aliphatic rings. The Hall–Kier alpha value is -6.44. The third-order valence-corrected chi connectivity index (χ3v) is 20.0. The summed E-state index contributed by atoms with van der Waals surface area (Å²) in [5, 5.41) is 19.4. The van der Waals surface area contributed by atoms with E-state index in [-0.39, 0.29) is 77.1 Å². The molecule has 0 aliphatic heterocycles. The number of carbonyl (C=O) groups excluding carboxylic acids is 3. The van der Waals surface area contributed by atoms with Crippen molar-refractivity contribution < 1.29 is 28.6 Å². The number of benzene rings is 8. The van der Waals surface area contributed by atoms with Gasteiger partial charge in [0.1, 0.15) is 12.2 Å². The van der Waals surface area contributed by atoms with Crippen LogP contribution in [0.4, 0.5) is 0 Å². The smallest absolute Gasteiger partial charge is 0.306 e. The molecule has 4 fully saturated rings. The molecule has 0 spiro atoms. The molecule has 8 aromatic rings. The van der Waals surface area contributed by atoms with Crippen molar-refractivity contribution in [1.29, 1.82) is 0 Å². The lowest BCUT2D eigenvalue weighted by atomic mass is 9.43. The summed E-state index contributed by atoms with van der Waals surface area (Å²) in [6, 6.07) is 39.8. The number of aryl methyl sites for hydroxylation is 2. The molecule has 380 valence electrons. The van der Waals surface area contributed by atoms with Crippen LogP contribution in [-0.2, 0) is 41.4 Å². The molecular weight excluding hydrogens is 919 g/mol. The van der Waals surface area contributed by atoms with Gasteiger partial charge in [-0.05, 0) is 193 Å². The number of rotatable bonds is 15. The van der Waals surface area contributed by atoms with Gasteiger partial charge in [0.15, 0.2) is 0 Å². The van der Waals surface area contributed by atoms with Gasteiger partial charge in [-0.3, -0.25) is 14.4 Å². The van der Waals surface area contributed by atoms with Gasteiger partial charge < -0.3 is 14.2 Å². The Morgan fingerprint density at radius 2 is 1.15 bits per heavy atom. The summed E-state index contributed by atoms with van der Waals surface area (Å²) in [6.07, 6.45) is 9.78. The van der Waals surface area contributed by atoms with Gasteiger partial charge in [-0.2, -0.15) is 0 Å². The van der Waals surface area contributed by atoms with E-state index in [1.54, 1.807) is 0 Å². The maximum atomic E-state index is 14.4. The molecule has 0 aromatic heterocycles. The van der Waals surface area contributed by atoms with E-state index in [2.05, 4.69) is 140 Å². The number of methoxy groups -OCH3 is 1. The normalized spacial score (nSPS) is 28.0. The highest BCUT2D eigenvalue weighted by Gasteiger charge is 2.67. The number of hydrogen-bond donors (Lipinski definition) is 0. The monoisotopic (exact) mass is 988 g/mol. The van der Waals surface area contributed by atoms with E-state index in [9.17, 15) is 19.9 Å². The molecule has 9 heteroatoms. The molecule has 12 rings (SSSR count). The van der Waals surface area contributed by atoms with Gasteiger partial charge in [-0.1, -0.05) is 135 Å². The van der Waals surface area contributed by atoms with E-state index in [4.69, 9.17) is 14.2 Å². The van der Waals surface area contributed by atoms with E-state index >= 15 is 0 Å². The molecule has 74 heavy (non-hydrogen) atoms. The summed E-state index contributed by atoms with van der Waals surface area (Å²) >= 11 is 0. The van der Waals surface area contributed by atoms with E-state index in [1.165, 1.54) is 82.9 Å². The Kier molecular flexibility index (Phi) is 12.7. The van der Waals surface area contributed by atoms with Crippen molar-refractivity contribution >= 4 is 82.5 Å². The van der Waals surface area contributed by atoms with Gasteiger partial charge in [0, 0.05) is 41.5 Å². The molecule has 0 N–H and O–H groups in total. The zero-order valence-corrected chi connectivity index (χ0v) is 43.5. The largest absolute Gasteiger partial charge is 0.469 e. The summed E-state index contributed by atoms with van der Waals surface area (Å²) in [5.41, 5.74) is 11.5. The van der Waals surface area contributed by atoms with Crippen LogP contribution < -0.4 is 0 Å². The van der Waals surface area contributed by atoms with Gasteiger partial charge in [0.2, 0.25) is 0 Å². The predicted molar refractivity (Wildman–Crippen MR) is 295 cm³/mol. The molecule has 4 aliphatic carbocycles. The van der Waals surface area contributed by atoms with Crippen molar-refractivity contribution in [3.8, 4) is 0 Å². The predicted octanol–water partition coefficient (Wildman–Crippen LogP) is 15.8. The summed E-state index contributed by atoms with van der Waals surface area (Å²) in [7, 11) is 1.45. The number of nitrogens with zero attached hydrogens (tertiary/aromatic N) is 3. The van der Waals surface area contributed by atoms with Crippen LogP contribution in [0.3, 0.4) is 0 Å². The SMILES string of the molecule is COC(=O)CC[C@@H](C)[C@H]1CC[C@H]2[C@@H]3[C@H](OC(=O)CCCc4cc5ccc6cccc7ccc(c4)c5c67)C[C@@H]4C[C@H](N=[N+]=[N-])CC[C@]4(C)[C@H]3C[C@H](OC(=O)CCCc3cc4ccc5cccc6ccc(c3)c4c56)[C@]12C. The van der Waals surface area contributed by atoms with Gasteiger partial charge in [0.05, 0.1) is 7.11 Å². The molecule has 0 radical (unpaired) electrons. The van der Waals surface area contributed by atoms with Crippen molar-refractivity contribution in [2.24, 2.45) is 51.5 Å². The second-order valence-corrected chi connectivity index (χ2v) is 23.7. The fraction of sp³-hybridized carbons (Fsp3) is 0.462. The van der Waals surface area contributed by atoms with Crippen LogP contribution in [0.15, 0.2) is 114 Å². The number of azide groups is 1.